The number of nitrogens with zero attached hydrogens (tertiary/aromatic N) is 2. The van der Waals surface area contributed by atoms with Crippen molar-refractivity contribution in [3.8, 4) is 0 Å². The maximum absolute atomic E-state index is 8.69. The fourth-order valence-electron chi connectivity index (χ4n) is 0.957. The van der Waals surface area contributed by atoms with Gasteiger partial charge in [-0.1, -0.05) is 11.6 Å². The van der Waals surface area contributed by atoms with Crippen molar-refractivity contribution in [3.63, 3.8) is 0 Å². The second kappa shape index (κ2) is 5.44. The van der Waals surface area contributed by atoms with Crippen LogP contribution in [-0.2, 0) is 13.5 Å². The summed E-state index contributed by atoms with van der Waals surface area (Å²) in [5, 5.41) is 13.4. The van der Waals surface area contributed by atoms with Crippen LogP contribution in [0.15, 0.2) is 6.20 Å². The van der Waals surface area contributed by atoms with Gasteiger partial charge in [0.1, 0.15) is 0 Å². The summed E-state index contributed by atoms with van der Waals surface area (Å²) in [5.74, 6) is 0. The molecule has 0 radical (unpaired) electrons. The standard InChI is InChI=1S/C7H12ClN3O.ClH/c1-11-3-6(8)7(10-11)2-5(9)4-12;/h3,5,12H,2,4,9H2,1H3;1H. The zero-order valence-electron chi connectivity index (χ0n) is 7.27. The van der Waals surface area contributed by atoms with Crippen molar-refractivity contribution >= 4 is 24.0 Å². The number of aliphatic hydroxyl groups is 1. The zero-order chi connectivity index (χ0) is 9.14. The van der Waals surface area contributed by atoms with E-state index in [-0.39, 0.29) is 25.1 Å². The molecule has 1 aromatic heterocycles. The maximum Gasteiger partial charge on any atom is 0.0827 e. The zero-order valence-corrected chi connectivity index (χ0v) is 8.85. The molecule has 6 heteroatoms. The highest BCUT2D eigenvalue weighted by Gasteiger charge is 2.09. The average Bonchev–Trinajstić information content (AvgIpc) is 2.30. The highest BCUT2D eigenvalue weighted by Crippen LogP contribution is 2.14. The fraction of sp³-hybridized carbons (Fsp3) is 0.571. The highest BCUT2D eigenvalue weighted by atomic mass is 35.5. The number of halogens is 2. The van der Waals surface area contributed by atoms with E-state index in [9.17, 15) is 0 Å². The summed E-state index contributed by atoms with van der Waals surface area (Å²) in [6.45, 7) is -0.0487. The van der Waals surface area contributed by atoms with Crippen molar-refractivity contribution in [2.24, 2.45) is 12.8 Å². The minimum atomic E-state index is -0.280. The van der Waals surface area contributed by atoms with E-state index in [0.29, 0.717) is 11.4 Å². The second-order valence-corrected chi connectivity index (χ2v) is 3.15. The van der Waals surface area contributed by atoms with Crippen molar-refractivity contribution in [1.29, 1.82) is 0 Å². The first-order valence-electron chi connectivity index (χ1n) is 3.68. The van der Waals surface area contributed by atoms with Gasteiger partial charge in [-0.2, -0.15) is 5.10 Å². The van der Waals surface area contributed by atoms with Crippen molar-refractivity contribution in [1.82, 2.24) is 9.78 Å². The molecule has 1 atom stereocenters. The van der Waals surface area contributed by atoms with Gasteiger partial charge < -0.3 is 10.8 Å². The predicted octanol–water partition coefficient (Wildman–Crippen LogP) is 0.357. The smallest absolute Gasteiger partial charge is 0.0827 e. The van der Waals surface area contributed by atoms with E-state index in [2.05, 4.69) is 5.10 Å². The summed E-state index contributed by atoms with van der Waals surface area (Å²) in [6.07, 6.45) is 2.22. The molecule has 1 unspecified atom stereocenters. The van der Waals surface area contributed by atoms with Crippen LogP contribution in [-0.4, -0.2) is 27.5 Å². The monoisotopic (exact) mass is 225 g/mol. The summed E-state index contributed by atoms with van der Waals surface area (Å²) < 4.78 is 1.63. The minimum Gasteiger partial charge on any atom is -0.395 e. The molecule has 1 heterocycles. The Morgan fingerprint density at radius 1 is 1.77 bits per heavy atom. The molecule has 0 aliphatic heterocycles. The molecule has 0 spiro atoms. The van der Waals surface area contributed by atoms with Crippen LogP contribution in [0.5, 0.6) is 0 Å². The van der Waals surface area contributed by atoms with Gasteiger partial charge in [-0.3, -0.25) is 4.68 Å². The van der Waals surface area contributed by atoms with Crippen LogP contribution in [0.25, 0.3) is 0 Å². The van der Waals surface area contributed by atoms with Gasteiger partial charge in [-0.15, -0.1) is 12.4 Å². The lowest BCUT2D eigenvalue weighted by Crippen LogP contribution is -2.27. The molecule has 76 valence electrons. The Bertz CT molecular complexity index is 264. The van der Waals surface area contributed by atoms with E-state index in [1.165, 1.54) is 0 Å². The quantitative estimate of drug-likeness (QED) is 0.781. The molecule has 3 N–H and O–H groups in total. The highest BCUT2D eigenvalue weighted by molar-refractivity contribution is 6.31. The molecule has 4 nitrogen and oxygen atoms in total. The van der Waals surface area contributed by atoms with Crippen molar-refractivity contribution in [2.75, 3.05) is 6.61 Å². The number of hydrogen-bond donors (Lipinski definition) is 2. The van der Waals surface area contributed by atoms with Gasteiger partial charge in [0, 0.05) is 25.7 Å². The summed E-state index contributed by atoms with van der Waals surface area (Å²) in [4.78, 5) is 0. The SMILES string of the molecule is Cl.Cn1cc(Cl)c(CC(N)CO)n1. The third-order valence-corrected chi connectivity index (χ3v) is 1.86. The number of rotatable bonds is 3. The van der Waals surface area contributed by atoms with Crippen LogP contribution in [0.2, 0.25) is 5.02 Å². The van der Waals surface area contributed by atoms with Crippen LogP contribution in [0, 0.1) is 0 Å². The molecule has 1 rings (SSSR count). The largest absolute Gasteiger partial charge is 0.395 e. The van der Waals surface area contributed by atoms with Crippen LogP contribution in [0.1, 0.15) is 5.69 Å². The first-order valence-corrected chi connectivity index (χ1v) is 4.05. The molecule has 0 aliphatic rings. The normalized spacial score (nSPS) is 12.3. The molecule has 0 bridgehead atoms. The summed E-state index contributed by atoms with van der Waals surface area (Å²) in [5.41, 5.74) is 6.26. The Labute approximate surface area is 88.1 Å². The second-order valence-electron chi connectivity index (χ2n) is 2.74. The van der Waals surface area contributed by atoms with Crippen LogP contribution in [0.3, 0.4) is 0 Å². The Morgan fingerprint density at radius 3 is 2.77 bits per heavy atom. The summed E-state index contributed by atoms with van der Waals surface area (Å²) >= 11 is 5.83. The maximum atomic E-state index is 8.69. The molecular formula is C7H13Cl2N3O. The third kappa shape index (κ3) is 3.52. The van der Waals surface area contributed by atoms with Gasteiger partial charge in [0.05, 0.1) is 17.3 Å². The molecule has 0 aliphatic carbocycles. The van der Waals surface area contributed by atoms with E-state index in [0.717, 1.165) is 5.69 Å². The fourth-order valence-corrected chi connectivity index (χ4v) is 1.21. The van der Waals surface area contributed by atoms with E-state index < -0.39 is 0 Å². The molecule has 1 aromatic rings. The number of hydrogen-bond acceptors (Lipinski definition) is 3. The molecular weight excluding hydrogens is 213 g/mol. The molecule has 0 saturated carbocycles. The molecule has 13 heavy (non-hydrogen) atoms. The molecule has 0 fully saturated rings. The van der Waals surface area contributed by atoms with Crippen LogP contribution < -0.4 is 5.73 Å². The third-order valence-electron chi connectivity index (χ3n) is 1.54. The number of aromatic nitrogens is 2. The van der Waals surface area contributed by atoms with Gasteiger partial charge in [0.25, 0.3) is 0 Å². The Morgan fingerprint density at radius 2 is 2.38 bits per heavy atom. The topological polar surface area (TPSA) is 64.1 Å². The molecule has 0 amide bonds. The lowest BCUT2D eigenvalue weighted by Gasteiger charge is -2.04. The van der Waals surface area contributed by atoms with Crippen molar-refractivity contribution in [2.45, 2.75) is 12.5 Å². The Balaban J connectivity index is 0.00000144. The number of aliphatic hydroxyl groups excluding tert-OH is 1. The first-order chi connectivity index (χ1) is 5.63. The lowest BCUT2D eigenvalue weighted by atomic mass is 10.2. The van der Waals surface area contributed by atoms with Gasteiger partial charge >= 0.3 is 0 Å². The van der Waals surface area contributed by atoms with Crippen molar-refractivity contribution < 1.29 is 5.11 Å². The Kier molecular flexibility index (Phi) is 5.32. The molecule has 0 saturated heterocycles. The van der Waals surface area contributed by atoms with Gasteiger partial charge in [-0.05, 0) is 0 Å². The number of nitrogens with two attached hydrogens (primary N) is 1. The van der Waals surface area contributed by atoms with Crippen LogP contribution >= 0.6 is 24.0 Å². The lowest BCUT2D eigenvalue weighted by molar-refractivity contribution is 0.264. The summed E-state index contributed by atoms with van der Waals surface area (Å²) in [6, 6.07) is -0.280. The minimum absolute atomic E-state index is 0. The van der Waals surface area contributed by atoms with E-state index >= 15 is 0 Å². The molecule has 0 aromatic carbocycles. The van der Waals surface area contributed by atoms with E-state index in [4.69, 9.17) is 22.4 Å². The van der Waals surface area contributed by atoms with Crippen LogP contribution in [0.4, 0.5) is 0 Å². The first kappa shape index (κ1) is 12.7. The van der Waals surface area contributed by atoms with E-state index in [1.54, 1.807) is 17.9 Å². The van der Waals surface area contributed by atoms with Gasteiger partial charge in [0.2, 0.25) is 0 Å². The van der Waals surface area contributed by atoms with Gasteiger partial charge in [-0.25, -0.2) is 0 Å². The van der Waals surface area contributed by atoms with Gasteiger partial charge in [0.15, 0.2) is 0 Å². The van der Waals surface area contributed by atoms with E-state index in [1.807, 2.05) is 0 Å². The number of aryl methyl sites for hydroxylation is 1. The predicted molar refractivity (Wildman–Crippen MR) is 54.2 cm³/mol. The Hall–Kier alpha value is -0.290. The average molecular weight is 226 g/mol. The summed E-state index contributed by atoms with van der Waals surface area (Å²) in [7, 11) is 1.79. The van der Waals surface area contributed by atoms with Crippen molar-refractivity contribution in [3.05, 3.63) is 16.9 Å².